The molecule has 0 radical (unpaired) electrons. The van der Waals surface area contributed by atoms with Gasteiger partial charge in [-0.25, -0.2) is 0 Å². The van der Waals surface area contributed by atoms with E-state index in [1.54, 1.807) is 0 Å². The van der Waals surface area contributed by atoms with Gasteiger partial charge in [0.25, 0.3) is 0 Å². The van der Waals surface area contributed by atoms with Crippen LogP contribution in [0.3, 0.4) is 0 Å². The van der Waals surface area contributed by atoms with Crippen LogP contribution in [-0.2, 0) is 0 Å². The van der Waals surface area contributed by atoms with Gasteiger partial charge in [0, 0.05) is 17.0 Å². The van der Waals surface area contributed by atoms with E-state index < -0.39 is 0 Å². The first kappa shape index (κ1) is 13.8. The molecule has 0 saturated heterocycles. The fourth-order valence-corrected chi connectivity index (χ4v) is 2.67. The van der Waals surface area contributed by atoms with Crippen LogP contribution in [0.2, 0.25) is 0 Å². The van der Waals surface area contributed by atoms with Crippen molar-refractivity contribution in [2.75, 3.05) is 0 Å². The second-order valence-electron chi connectivity index (χ2n) is 6.00. The Balaban J connectivity index is 1.68. The molecule has 0 N–H and O–H groups in total. The Morgan fingerprint density at radius 1 is 0.870 bits per heavy atom. The number of fused-ring (bicyclic) bond motifs is 1. The van der Waals surface area contributed by atoms with Gasteiger partial charge in [0.2, 0.25) is 5.76 Å². The molecule has 0 aliphatic carbocycles. The first-order chi connectivity index (χ1) is 11.2. The summed E-state index contributed by atoms with van der Waals surface area (Å²) >= 11 is 0. The smallest absolute Gasteiger partial charge is 0.202 e. The number of nitrogens with zero attached hydrogens (tertiary/aromatic N) is 1. The Morgan fingerprint density at radius 2 is 1.65 bits per heavy atom. The second kappa shape index (κ2) is 5.43. The maximum atomic E-state index is 5.82. The van der Waals surface area contributed by atoms with E-state index in [1.165, 1.54) is 5.56 Å². The van der Waals surface area contributed by atoms with Crippen LogP contribution in [0.4, 0.5) is 0 Å². The molecule has 0 aliphatic heterocycles. The minimum Gasteiger partial charge on any atom is -0.453 e. The van der Waals surface area contributed by atoms with Crippen LogP contribution in [-0.4, -0.2) is 5.16 Å². The van der Waals surface area contributed by atoms with E-state index in [9.17, 15) is 0 Å². The van der Waals surface area contributed by atoms with Gasteiger partial charge in [-0.05, 0) is 23.6 Å². The number of aromatic nitrogens is 1. The first-order valence-corrected chi connectivity index (χ1v) is 7.77. The van der Waals surface area contributed by atoms with Gasteiger partial charge in [-0.2, -0.15) is 0 Å². The van der Waals surface area contributed by atoms with E-state index in [2.05, 4.69) is 43.3 Å². The van der Waals surface area contributed by atoms with E-state index in [0.29, 0.717) is 17.4 Å². The van der Waals surface area contributed by atoms with Crippen molar-refractivity contribution < 1.29 is 8.94 Å². The van der Waals surface area contributed by atoms with Crippen LogP contribution in [0.5, 0.6) is 0 Å². The largest absolute Gasteiger partial charge is 0.453 e. The molecular weight excluding hydrogens is 286 g/mol. The van der Waals surface area contributed by atoms with Crippen LogP contribution in [0, 0.1) is 0 Å². The lowest BCUT2D eigenvalue weighted by molar-refractivity contribution is 0.423. The van der Waals surface area contributed by atoms with Crippen LogP contribution < -0.4 is 0 Å². The molecule has 4 rings (SSSR count). The summed E-state index contributed by atoms with van der Waals surface area (Å²) < 4.78 is 11.3. The molecule has 0 spiro atoms. The lowest BCUT2D eigenvalue weighted by atomic mass is 10.0. The molecule has 2 heterocycles. The number of hydrogen-bond acceptors (Lipinski definition) is 3. The SMILES string of the molecule is CC(C)c1ccc(-c2cc(-c3cc4ccccc4o3)on2)cc1. The average molecular weight is 303 g/mol. The molecule has 0 unspecified atom stereocenters. The normalized spacial score (nSPS) is 11.4. The molecule has 0 fully saturated rings. The van der Waals surface area contributed by atoms with Crippen molar-refractivity contribution in [3.63, 3.8) is 0 Å². The Bertz CT molecular complexity index is 912. The zero-order valence-electron chi connectivity index (χ0n) is 13.1. The minimum atomic E-state index is 0.521. The van der Waals surface area contributed by atoms with E-state index in [4.69, 9.17) is 8.94 Å². The van der Waals surface area contributed by atoms with Gasteiger partial charge in [0.15, 0.2) is 5.76 Å². The van der Waals surface area contributed by atoms with E-state index in [0.717, 1.165) is 22.2 Å². The second-order valence-corrected chi connectivity index (χ2v) is 6.00. The maximum absolute atomic E-state index is 5.82. The molecular formula is C20H17NO2. The molecule has 0 saturated carbocycles. The Labute approximate surface area is 134 Å². The van der Waals surface area contributed by atoms with Crippen molar-refractivity contribution in [1.29, 1.82) is 0 Å². The molecule has 2 aromatic carbocycles. The Kier molecular flexibility index (Phi) is 3.27. The van der Waals surface area contributed by atoms with Crippen molar-refractivity contribution in [2.45, 2.75) is 19.8 Å². The van der Waals surface area contributed by atoms with Crippen LogP contribution in [0.25, 0.3) is 33.7 Å². The summed E-state index contributed by atoms with van der Waals surface area (Å²) in [5, 5.41) is 5.23. The van der Waals surface area contributed by atoms with Crippen molar-refractivity contribution in [2.24, 2.45) is 0 Å². The summed E-state index contributed by atoms with van der Waals surface area (Å²) in [6.07, 6.45) is 0. The number of para-hydroxylation sites is 1. The molecule has 114 valence electrons. The third-order valence-electron chi connectivity index (χ3n) is 4.05. The summed E-state index contributed by atoms with van der Waals surface area (Å²) in [6, 6.07) is 20.2. The van der Waals surface area contributed by atoms with Crippen molar-refractivity contribution in [3.05, 3.63) is 66.2 Å². The predicted molar refractivity (Wildman–Crippen MR) is 91.2 cm³/mol. The highest BCUT2D eigenvalue weighted by atomic mass is 16.5. The topological polar surface area (TPSA) is 39.2 Å². The van der Waals surface area contributed by atoms with E-state index in [1.807, 2.05) is 36.4 Å². The lowest BCUT2D eigenvalue weighted by Gasteiger charge is -2.04. The van der Waals surface area contributed by atoms with Gasteiger partial charge >= 0.3 is 0 Å². The number of rotatable bonds is 3. The maximum Gasteiger partial charge on any atom is 0.202 e. The summed E-state index contributed by atoms with van der Waals surface area (Å²) in [7, 11) is 0. The molecule has 23 heavy (non-hydrogen) atoms. The summed E-state index contributed by atoms with van der Waals surface area (Å²) in [6.45, 7) is 4.37. The molecule has 0 atom stereocenters. The minimum absolute atomic E-state index is 0.521. The standard InChI is InChI=1S/C20H17NO2/c1-13(2)14-7-9-15(10-8-14)17-12-20(23-21-17)19-11-16-5-3-4-6-18(16)22-19/h3-13H,1-2H3. The Hall–Kier alpha value is -2.81. The van der Waals surface area contributed by atoms with Crippen molar-refractivity contribution in [3.8, 4) is 22.8 Å². The van der Waals surface area contributed by atoms with Crippen LogP contribution in [0.15, 0.2) is 69.6 Å². The van der Waals surface area contributed by atoms with Gasteiger partial charge in [-0.3, -0.25) is 0 Å². The molecule has 0 bridgehead atoms. The summed E-state index contributed by atoms with van der Waals surface area (Å²) in [5.41, 5.74) is 4.02. The number of hydrogen-bond donors (Lipinski definition) is 0. The molecule has 0 aliphatic rings. The zero-order valence-corrected chi connectivity index (χ0v) is 13.1. The number of benzene rings is 2. The van der Waals surface area contributed by atoms with Gasteiger partial charge in [0.05, 0.1) is 0 Å². The Morgan fingerprint density at radius 3 is 2.39 bits per heavy atom. The van der Waals surface area contributed by atoms with Gasteiger partial charge in [-0.1, -0.05) is 61.5 Å². The van der Waals surface area contributed by atoms with Gasteiger partial charge in [0.1, 0.15) is 11.3 Å². The molecule has 3 nitrogen and oxygen atoms in total. The van der Waals surface area contributed by atoms with Gasteiger partial charge < -0.3 is 8.94 Å². The fraction of sp³-hybridized carbons (Fsp3) is 0.150. The van der Waals surface area contributed by atoms with E-state index >= 15 is 0 Å². The highest BCUT2D eigenvalue weighted by Gasteiger charge is 2.13. The van der Waals surface area contributed by atoms with Crippen molar-refractivity contribution in [1.82, 2.24) is 5.16 Å². The summed E-state index contributed by atoms with van der Waals surface area (Å²) in [4.78, 5) is 0. The summed E-state index contributed by atoms with van der Waals surface area (Å²) in [5.74, 6) is 1.86. The third kappa shape index (κ3) is 2.55. The predicted octanol–water partition coefficient (Wildman–Crippen LogP) is 5.88. The molecule has 4 aromatic rings. The van der Waals surface area contributed by atoms with Gasteiger partial charge in [-0.15, -0.1) is 0 Å². The first-order valence-electron chi connectivity index (χ1n) is 7.77. The van der Waals surface area contributed by atoms with E-state index in [-0.39, 0.29) is 0 Å². The third-order valence-corrected chi connectivity index (χ3v) is 4.05. The molecule has 0 amide bonds. The van der Waals surface area contributed by atoms with Crippen LogP contribution in [0.1, 0.15) is 25.3 Å². The zero-order chi connectivity index (χ0) is 15.8. The highest BCUT2D eigenvalue weighted by molar-refractivity contribution is 5.82. The quantitative estimate of drug-likeness (QED) is 0.474. The monoisotopic (exact) mass is 303 g/mol. The van der Waals surface area contributed by atoms with Crippen molar-refractivity contribution >= 4 is 11.0 Å². The lowest BCUT2D eigenvalue weighted by Crippen LogP contribution is -1.86. The highest BCUT2D eigenvalue weighted by Crippen LogP contribution is 2.31. The molecule has 3 heteroatoms. The number of furan rings is 1. The average Bonchev–Trinajstić information content (AvgIpc) is 3.21. The van der Waals surface area contributed by atoms with Crippen LogP contribution >= 0.6 is 0 Å². The molecule has 2 aromatic heterocycles. The fourth-order valence-electron chi connectivity index (χ4n) is 2.67.